The van der Waals surface area contributed by atoms with Crippen molar-refractivity contribution < 1.29 is 14.3 Å². The SMILES string of the molecule is CCOc1cc(C2CCCN(C(=O)c3sc(-c4ccc(NN=C(C#N)C#N)cc4)nc3C)N2)ccc1OC. The van der Waals surface area contributed by atoms with Crippen LogP contribution in [0.25, 0.3) is 10.6 Å². The van der Waals surface area contributed by atoms with E-state index in [-0.39, 0.29) is 17.7 Å². The number of hydrogen-bond acceptors (Lipinski definition) is 10. The Morgan fingerprint density at radius 3 is 2.68 bits per heavy atom. The standard InChI is InChI=1S/C27H27N7O3S/c1-4-37-24-14-19(9-12-23(24)36-3)22-6-5-13-34(33-22)27(35)25-17(2)30-26(38-25)18-7-10-20(11-8-18)31-32-21(15-28)16-29/h7-12,14,22,31,33H,4-6,13H2,1-3H3. The quantitative estimate of drug-likeness (QED) is 0.313. The van der Waals surface area contributed by atoms with Gasteiger partial charge >= 0.3 is 0 Å². The molecule has 2 heterocycles. The number of aromatic nitrogens is 1. The van der Waals surface area contributed by atoms with Gasteiger partial charge in [-0.3, -0.25) is 15.2 Å². The number of rotatable bonds is 8. The first-order chi connectivity index (χ1) is 18.5. The zero-order chi connectivity index (χ0) is 27.1. The molecular weight excluding hydrogens is 502 g/mol. The van der Waals surface area contributed by atoms with Crippen LogP contribution in [0, 0.1) is 29.6 Å². The molecule has 194 valence electrons. The van der Waals surface area contributed by atoms with Crippen molar-refractivity contribution in [3.8, 4) is 34.2 Å². The maximum Gasteiger partial charge on any atom is 0.279 e. The van der Waals surface area contributed by atoms with Crippen LogP contribution < -0.4 is 20.3 Å². The summed E-state index contributed by atoms with van der Waals surface area (Å²) >= 11 is 1.34. The molecule has 2 aromatic carbocycles. The Hall–Kier alpha value is -4.45. The van der Waals surface area contributed by atoms with E-state index in [2.05, 4.69) is 20.9 Å². The number of hydrazine groups is 1. The number of amides is 1. The molecule has 1 aliphatic heterocycles. The van der Waals surface area contributed by atoms with Crippen molar-refractivity contribution in [2.45, 2.75) is 32.7 Å². The predicted octanol–water partition coefficient (Wildman–Crippen LogP) is 4.82. The van der Waals surface area contributed by atoms with Crippen LogP contribution in [0.4, 0.5) is 5.69 Å². The predicted molar refractivity (Wildman–Crippen MR) is 145 cm³/mol. The fourth-order valence-electron chi connectivity index (χ4n) is 4.07. The molecule has 0 saturated carbocycles. The summed E-state index contributed by atoms with van der Waals surface area (Å²) in [5.41, 5.74) is 8.98. The second-order valence-corrected chi connectivity index (χ2v) is 9.43. The van der Waals surface area contributed by atoms with Gasteiger partial charge in [0, 0.05) is 12.1 Å². The van der Waals surface area contributed by atoms with Crippen LogP contribution in [0.3, 0.4) is 0 Å². The monoisotopic (exact) mass is 529 g/mol. The Kier molecular flexibility index (Phi) is 8.54. The number of thiazole rings is 1. The lowest BCUT2D eigenvalue weighted by atomic mass is 10.00. The molecule has 1 amide bonds. The Morgan fingerprint density at radius 1 is 1.24 bits per heavy atom. The minimum atomic E-state index is -0.261. The van der Waals surface area contributed by atoms with Gasteiger partial charge in [0.05, 0.1) is 31.1 Å². The van der Waals surface area contributed by atoms with E-state index in [0.29, 0.717) is 40.9 Å². The van der Waals surface area contributed by atoms with Gasteiger partial charge in [-0.1, -0.05) is 6.07 Å². The number of nitrogens with one attached hydrogen (secondary N) is 2. The Bertz CT molecular complexity index is 1400. The van der Waals surface area contributed by atoms with E-state index in [0.717, 1.165) is 29.0 Å². The van der Waals surface area contributed by atoms with Crippen LogP contribution in [0.5, 0.6) is 11.5 Å². The lowest BCUT2D eigenvalue weighted by Crippen LogP contribution is -2.48. The first kappa shape index (κ1) is 26.6. The minimum Gasteiger partial charge on any atom is -0.493 e. The summed E-state index contributed by atoms with van der Waals surface area (Å²) in [5, 5.41) is 23.7. The van der Waals surface area contributed by atoms with Crippen molar-refractivity contribution in [2.24, 2.45) is 5.10 Å². The van der Waals surface area contributed by atoms with Crippen molar-refractivity contribution in [1.29, 1.82) is 10.5 Å². The molecule has 0 bridgehead atoms. The molecule has 0 spiro atoms. The molecule has 4 rings (SSSR count). The number of carbonyl (C=O) groups excluding carboxylic acids is 1. The van der Waals surface area contributed by atoms with E-state index in [1.165, 1.54) is 11.3 Å². The zero-order valence-electron chi connectivity index (χ0n) is 21.3. The van der Waals surface area contributed by atoms with Crippen LogP contribution >= 0.6 is 11.3 Å². The van der Waals surface area contributed by atoms with E-state index in [1.54, 1.807) is 36.4 Å². The van der Waals surface area contributed by atoms with Crippen LogP contribution in [-0.2, 0) is 0 Å². The lowest BCUT2D eigenvalue weighted by molar-refractivity contribution is 0.0537. The second kappa shape index (κ2) is 12.2. The van der Waals surface area contributed by atoms with Crippen LogP contribution in [0.15, 0.2) is 47.6 Å². The second-order valence-electron chi connectivity index (χ2n) is 8.43. The van der Waals surface area contributed by atoms with E-state index in [9.17, 15) is 4.79 Å². The smallest absolute Gasteiger partial charge is 0.279 e. The highest BCUT2D eigenvalue weighted by Gasteiger charge is 2.28. The lowest BCUT2D eigenvalue weighted by Gasteiger charge is -2.34. The van der Waals surface area contributed by atoms with Crippen molar-refractivity contribution in [3.05, 3.63) is 58.6 Å². The third-order valence-electron chi connectivity index (χ3n) is 5.95. The van der Waals surface area contributed by atoms with Gasteiger partial charge in [0.25, 0.3) is 5.91 Å². The summed E-state index contributed by atoms with van der Waals surface area (Å²) in [5.74, 6) is 1.25. The number of hydrazone groups is 1. The van der Waals surface area contributed by atoms with Gasteiger partial charge in [0.1, 0.15) is 22.0 Å². The molecule has 3 aromatic rings. The molecule has 2 N–H and O–H groups in total. The third kappa shape index (κ3) is 5.92. The number of hydrogen-bond donors (Lipinski definition) is 2. The number of anilines is 1. The van der Waals surface area contributed by atoms with Crippen LogP contribution in [0.2, 0.25) is 0 Å². The number of methoxy groups -OCH3 is 1. The summed E-state index contributed by atoms with van der Waals surface area (Å²) in [4.78, 5) is 18.7. The van der Waals surface area contributed by atoms with E-state index in [4.69, 9.17) is 20.0 Å². The Balaban J connectivity index is 1.48. The molecule has 0 radical (unpaired) electrons. The van der Waals surface area contributed by atoms with Crippen molar-refractivity contribution >= 4 is 28.6 Å². The van der Waals surface area contributed by atoms with Crippen molar-refractivity contribution in [3.63, 3.8) is 0 Å². The van der Waals surface area contributed by atoms with Crippen molar-refractivity contribution in [2.75, 3.05) is 25.7 Å². The Morgan fingerprint density at radius 2 is 2.00 bits per heavy atom. The summed E-state index contributed by atoms with van der Waals surface area (Å²) in [6.45, 7) is 4.90. The molecule has 1 fully saturated rings. The maximum absolute atomic E-state index is 13.5. The normalized spacial score (nSPS) is 14.7. The Labute approximate surface area is 225 Å². The summed E-state index contributed by atoms with van der Waals surface area (Å²) in [7, 11) is 1.62. The number of ether oxygens (including phenoxy) is 2. The first-order valence-electron chi connectivity index (χ1n) is 12.1. The molecule has 0 aliphatic carbocycles. The molecule has 1 saturated heterocycles. The zero-order valence-corrected chi connectivity index (χ0v) is 22.1. The first-order valence-corrected chi connectivity index (χ1v) is 12.9. The van der Waals surface area contributed by atoms with E-state index < -0.39 is 0 Å². The topological polar surface area (TPSA) is 136 Å². The van der Waals surface area contributed by atoms with Gasteiger partial charge < -0.3 is 9.47 Å². The molecule has 10 nitrogen and oxygen atoms in total. The molecule has 38 heavy (non-hydrogen) atoms. The highest BCUT2D eigenvalue weighted by Crippen LogP contribution is 2.34. The highest BCUT2D eigenvalue weighted by molar-refractivity contribution is 7.17. The molecule has 1 aliphatic rings. The number of carbonyl (C=O) groups is 1. The van der Waals surface area contributed by atoms with Crippen molar-refractivity contribution in [1.82, 2.24) is 15.4 Å². The number of nitriles is 2. The van der Waals surface area contributed by atoms with Gasteiger partial charge in [0.2, 0.25) is 5.71 Å². The summed E-state index contributed by atoms with van der Waals surface area (Å²) in [6.07, 6.45) is 1.75. The van der Waals surface area contributed by atoms with E-state index in [1.807, 2.05) is 44.2 Å². The molecule has 1 atom stereocenters. The number of benzene rings is 2. The summed E-state index contributed by atoms with van der Waals surface area (Å²) in [6, 6.07) is 16.4. The van der Waals surface area contributed by atoms with Gasteiger partial charge in [-0.05, 0) is 68.7 Å². The van der Waals surface area contributed by atoms with Gasteiger partial charge in [-0.15, -0.1) is 11.3 Å². The number of nitrogens with zero attached hydrogens (tertiary/aromatic N) is 5. The number of aryl methyl sites for hydroxylation is 1. The average molecular weight is 530 g/mol. The molecule has 1 unspecified atom stereocenters. The van der Waals surface area contributed by atoms with Gasteiger partial charge in [-0.2, -0.15) is 15.6 Å². The van der Waals surface area contributed by atoms with Crippen LogP contribution in [0.1, 0.15) is 46.7 Å². The van der Waals surface area contributed by atoms with Crippen LogP contribution in [-0.4, -0.2) is 41.9 Å². The maximum atomic E-state index is 13.5. The van der Waals surface area contributed by atoms with Gasteiger partial charge in [-0.25, -0.2) is 10.4 Å². The fraction of sp³-hybridized carbons (Fsp3) is 0.296. The van der Waals surface area contributed by atoms with E-state index >= 15 is 0 Å². The highest BCUT2D eigenvalue weighted by atomic mass is 32.1. The summed E-state index contributed by atoms with van der Waals surface area (Å²) < 4.78 is 11.1. The fourth-order valence-corrected chi connectivity index (χ4v) is 5.09. The molecule has 1 aromatic heterocycles. The molecule has 11 heteroatoms. The average Bonchev–Trinajstić information content (AvgIpc) is 3.35. The largest absolute Gasteiger partial charge is 0.493 e. The van der Waals surface area contributed by atoms with Gasteiger partial charge in [0.15, 0.2) is 11.5 Å². The molecular formula is C27H27N7O3S. The minimum absolute atomic E-state index is 0.0317. The third-order valence-corrected chi connectivity index (χ3v) is 7.15.